The Morgan fingerprint density at radius 1 is 1.11 bits per heavy atom. The van der Waals surface area contributed by atoms with Gasteiger partial charge in [0.2, 0.25) is 5.82 Å². The molecule has 7 heteroatoms. The number of hydrogen-bond acceptors (Lipinski definition) is 5. The molecule has 0 aliphatic rings. The van der Waals surface area contributed by atoms with Crippen molar-refractivity contribution in [2.45, 2.75) is 0 Å². The summed E-state index contributed by atoms with van der Waals surface area (Å²) in [6.07, 6.45) is 2.72. The minimum Gasteiger partial charge on any atom is -0.475 e. The summed E-state index contributed by atoms with van der Waals surface area (Å²) in [6, 6.07) is 5.83. The summed E-state index contributed by atoms with van der Waals surface area (Å²) < 4.78 is 0. The maximum Gasteiger partial charge on any atom is 0.373 e. The Bertz CT molecular complexity index is 537. The van der Waals surface area contributed by atoms with Crippen LogP contribution >= 0.6 is 0 Å². The number of carboxylic acid groups (broad SMARTS) is 1. The van der Waals surface area contributed by atoms with E-state index in [1.54, 1.807) is 12.1 Å². The molecule has 1 N–H and O–H groups in total. The van der Waals surface area contributed by atoms with Crippen LogP contribution in [0.4, 0.5) is 5.69 Å². The number of aromatic carboxylic acids is 1. The molecule has 0 fully saturated rings. The van der Waals surface area contributed by atoms with Gasteiger partial charge < -0.3 is 5.11 Å². The Morgan fingerprint density at radius 2 is 1.67 bits per heavy atom. The summed E-state index contributed by atoms with van der Waals surface area (Å²) in [4.78, 5) is 27.9. The molecule has 2 rings (SSSR count). The number of carboxylic acids is 1. The van der Waals surface area contributed by atoms with E-state index in [9.17, 15) is 14.9 Å². The lowest BCUT2D eigenvalue weighted by Gasteiger charge is -2.00. The minimum absolute atomic E-state index is 0.0122. The smallest absolute Gasteiger partial charge is 0.373 e. The Morgan fingerprint density at radius 3 is 2.11 bits per heavy atom. The average Bonchev–Trinajstić information content (AvgIpc) is 2.39. The zero-order valence-electron chi connectivity index (χ0n) is 8.98. The zero-order valence-corrected chi connectivity index (χ0v) is 8.98. The van der Waals surface area contributed by atoms with Crippen molar-refractivity contribution in [1.29, 1.82) is 0 Å². The third-order valence-electron chi connectivity index (χ3n) is 2.25. The molecule has 0 amide bonds. The van der Waals surface area contributed by atoms with Gasteiger partial charge in [0.15, 0.2) is 0 Å². The lowest BCUT2D eigenvalue weighted by Crippen LogP contribution is -2.03. The van der Waals surface area contributed by atoms with E-state index < -0.39 is 10.9 Å². The van der Waals surface area contributed by atoms with Crippen molar-refractivity contribution in [3.05, 3.63) is 52.6 Å². The third kappa shape index (κ3) is 2.29. The van der Waals surface area contributed by atoms with Crippen LogP contribution < -0.4 is 0 Å². The van der Waals surface area contributed by atoms with Gasteiger partial charge in [0.05, 0.1) is 4.92 Å². The van der Waals surface area contributed by atoms with E-state index in [4.69, 9.17) is 5.11 Å². The van der Waals surface area contributed by atoms with Crippen LogP contribution in [-0.2, 0) is 0 Å². The quantitative estimate of drug-likeness (QED) is 0.652. The van der Waals surface area contributed by atoms with Gasteiger partial charge in [-0.3, -0.25) is 10.1 Å². The van der Waals surface area contributed by atoms with Crippen LogP contribution in [0.1, 0.15) is 10.6 Å². The topological polar surface area (TPSA) is 106 Å². The number of hydrogen-bond donors (Lipinski definition) is 1. The average molecular weight is 245 g/mol. The maximum atomic E-state index is 10.6. The van der Waals surface area contributed by atoms with E-state index in [0.717, 1.165) is 0 Å². The van der Waals surface area contributed by atoms with E-state index in [2.05, 4.69) is 9.97 Å². The second kappa shape index (κ2) is 4.58. The standard InChI is InChI=1S/C11H7N3O4/c15-11(16)10-12-5-8(6-13-10)7-1-3-9(4-2-7)14(17)18/h1-6H,(H,15,16). The van der Waals surface area contributed by atoms with E-state index in [-0.39, 0.29) is 11.5 Å². The molecule has 0 saturated carbocycles. The number of nitro benzene ring substituents is 1. The highest BCUT2D eigenvalue weighted by Crippen LogP contribution is 2.20. The number of carbonyl (C=O) groups is 1. The number of rotatable bonds is 3. The van der Waals surface area contributed by atoms with Crippen molar-refractivity contribution in [2.24, 2.45) is 0 Å². The van der Waals surface area contributed by atoms with Crippen molar-refractivity contribution in [2.75, 3.05) is 0 Å². The molecule has 90 valence electrons. The van der Waals surface area contributed by atoms with Gasteiger partial charge in [0.1, 0.15) is 0 Å². The minimum atomic E-state index is -1.20. The van der Waals surface area contributed by atoms with E-state index in [0.29, 0.717) is 11.1 Å². The second-order valence-corrected chi connectivity index (χ2v) is 3.40. The largest absolute Gasteiger partial charge is 0.475 e. The Kier molecular flexibility index (Phi) is 2.96. The number of aromatic nitrogens is 2. The summed E-state index contributed by atoms with van der Waals surface area (Å²) in [6.45, 7) is 0. The molecule has 2 aromatic rings. The van der Waals surface area contributed by atoms with Gasteiger partial charge in [-0.15, -0.1) is 0 Å². The molecule has 0 radical (unpaired) electrons. The molecule has 1 heterocycles. The van der Waals surface area contributed by atoms with Crippen LogP contribution in [0, 0.1) is 10.1 Å². The lowest BCUT2D eigenvalue weighted by atomic mass is 10.1. The molecule has 0 aliphatic heterocycles. The second-order valence-electron chi connectivity index (χ2n) is 3.40. The first-order chi connectivity index (χ1) is 8.58. The van der Waals surface area contributed by atoms with Gasteiger partial charge in [-0.25, -0.2) is 14.8 Å². The fourth-order valence-electron chi connectivity index (χ4n) is 1.36. The molecule has 0 bridgehead atoms. The molecule has 18 heavy (non-hydrogen) atoms. The molecule has 1 aromatic heterocycles. The van der Waals surface area contributed by atoms with Crippen molar-refractivity contribution in [1.82, 2.24) is 9.97 Å². The molecule has 0 unspecified atom stereocenters. The summed E-state index contributed by atoms with van der Waals surface area (Å²) >= 11 is 0. The van der Waals surface area contributed by atoms with E-state index >= 15 is 0 Å². The molecular formula is C11H7N3O4. The normalized spacial score (nSPS) is 10.0. The van der Waals surface area contributed by atoms with Crippen LogP contribution in [0.15, 0.2) is 36.7 Å². The maximum absolute atomic E-state index is 10.6. The SMILES string of the molecule is O=C(O)c1ncc(-c2ccc([N+](=O)[O-])cc2)cn1. The van der Waals surface area contributed by atoms with Crippen LogP contribution in [0.3, 0.4) is 0 Å². The fourth-order valence-corrected chi connectivity index (χ4v) is 1.36. The summed E-state index contributed by atoms with van der Waals surface area (Å²) in [5, 5.41) is 19.1. The van der Waals surface area contributed by atoms with Gasteiger partial charge in [0.25, 0.3) is 5.69 Å². The van der Waals surface area contributed by atoms with Crippen LogP contribution in [0.25, 0.3) is 11.1 Å². The highest BCUT2D eigenvalue weighted by atomic mass is 16.6. The van der Waals surface area contributed by atoms with Crippen molar-refractivity contribution >= 4 is 11.7 Å². The first kappa shape index (κ1) is 11.6. The van der Waals surface area contributed by atoms with Crippen LogP contribution in [-0.4, -0.2) is 26.0 Å². The van der Waals surface area contributed by atoms with Gasteiger partial charge in [0, 0.05) is 30.1 Å². The van der Waals surface area contributed by atoms with Gasteiger partial charge in [-0.05, 0) is 17.7 Å². The van der Waals surface area contributed by atoms with Crippen molar-refractivity contribution in [3.8, 4) is 11.1 Å². The number of nitro groups is 1. The highest BCUT2D eigenvalue weighted by Gasteiger charge is 2.08. The van der Waals surface area contributed by atoms with Gasteiger partial charge >= 0.3 is 5.97 Å². The first-order valence-electron chi connectivity index (χ1n) is 4.88. The van der Waals surface area contributed by atoms with Crippen molar-refractivity contribution < 1.29 is 14.8 Å². The zero-order chi connectivity index (χ0) is 13.1. The highest BCUT2D eigenvalue weighted by molar-refractivity contribution is 5.83. The molecule has 1 aromatic carbocycles. The number of non-ortho nitro benzene ring substituents is 1. The fraction of sp³-hybridized carbons (Fsp3) is 0. The number of nitrogens with zero attached hydrogens (tertiary/aromatic N) is 3. The molecular weight excluding hydrogens is 238 g/mol. The predicted octanol–water partition coefficient (Wildman–Crippen LogP) is 1.75. The van der Waals surface area contributed by atoms with Crippen LogP contribution in [0.5, 0.6) is 0 Å². The summed E-state index contributed by atoms with van der Waals surface area (Å²) in [5.41, 5.74) is 1.26. The van der Waals surface area contributed by atoms with E-state index in [1.807, 2.05) is 0 Å². The van der Waals surface area contributed by atoms with Crippen LogP contribution in [0.2, 0.25) is 0 Å². The molecule has 0 saturated heterocycles. The molecule has 7 nitrogen and oxygen atoms in total. The monoisotopic (exact) mass is 245 g/mol. The Balaban J connectivity index is 2.31. The number of benzene rings is 1. The van der Waals surface area contributed by atoms with E-state index in [1.165, 1.54) is 24.5 Å². The van der Waals surface area contributed by atoms with Gasteiger partial charge in [-0.2, -0.15) is 0 Å². The summed E-state index contributed by atoms with van der Waals surface area (Å²) in [7, 11) is 0. The Hall–Kier alpha value is -2.83. The van der Waals surface area contributed by atoms with Gasteiger partial charge in [-0.1, -0.05) is 0 Å². The summed E-state index contributed by atoms with van der Waals surface area (Å²) in [5.74, 6) is -1.49. The Labute approximate surface area is 101 Å². The third-order valence-corrected chi connectivity index (χ3v) is 2.25. The lowest BCUT2D eigenvalue weighted by molar-refractivity contribution is -0.384. The molecule has 0 atom stereocenters. The molecule has 0 aliphatic carbocycles. The molecule has 0 spiro atoms. The van der Waals surface area contributed by atoms with Crippen molar-refractivity contribution in [3.63, 3.8) is 0 Å². The predicted molar refractivity (Wildman–Crippen MR) is 61.1 cm³/mol. The first-order valence-corrected chi connectivity index (χ1v) is 4.88.